The summed E-state index contributed by atoms with van der Waals surface area (Å²) < 4.78 is 0. The van der Waals surface area contributed by atoms with Gasteiger partial charge in [-0.2, -0.15) is 0 Å². The van der Waals surface area contributed by atoms with Crippen LogP contribution < -0.4 is 16.4 Å². The van der Waals surface area contributed by atoms with E-state index < -0.39 is 5.97 Å². The summed E-state index contributed by atoms with van der Waals surface area (Å²) in [5.74, 6) is -0.334. The molecule has 1 aromatic heterocycles. The number of aromatic nitrogens is 1. The van der Waals surface area contributed by atoms with Crippen molar-refractivity contribution in [3.8, 4) is 0 Å². The molecule has 0 aliphatic heterocycles. The normalized spacial score (nSPS) is 10.6. The Kier molecular flexibility index (Phi) is 7.50. The molecule has 1 heterocycles. The molecule has 0 unspecified atom stereocenters. The van der Waals surface area contributed by atoms with Crippen molar-refractivity contribution >= 4 is 29.1 Å². The van der Waals surface area contributed by atoms with E-state index in [-0.39, 0.29) is 6.42 Å². The van der Waals surface area contributed by atoms with E-state index in [1.807, 2.05) is 18.2 Å². The quantitative estimate of drug-likeness (QED) is 0.485. The summed E-state index contributed by atoms with van der Waals surface area (Å²) in [4.78, 5) is 14.8. The fourth-order valence-electron chi connectivity index (χ4n) is 2.46. The first kappa shape index (κ1) is 19.0. The highest BCUT2D eigenvalue weighted by atomic mass is 35.5. The van der Waals surface area contributed by atoms with Crippen LogP contribution in [-0.2, 0) is 17.6 Å². The summed E-state index contributed by atoms with van der Waals surface area (Å²) in [6.45, 7) is 2.45. The van der Waals surface area contributed by atoms with Gasteiger partial charge >= 0.3 is 5.97 Å². The van der Waals surface area contributed by atoms with Crippen molar-refractivity contribution in [3.63, 3.8) is 0 Å². The fraction of sp³-hybridized carbons (Fsp3) is 0.333. The predicted octanol–water partition coefficient (Wildman–Crippen LogP) is 2.58. The van der Waals surface area contributed by atoms with E-state index in [9.17, 15) is 4.79 Å². The molecule has 0 aliphatic rings. The number of carbonyl (C=O) groups is 1. The molecule has 0 saturated heterocycles. The van der Waals surface area contributed by atoms with Crippen molar-refractivity contribution in [2.45, 2.75) is 19.3 Å². The van der Waals surface area contributed by atoms with Crippen molar-refractivity contribution in [1.29, 1.82) is 0 Å². The van der Waals surface area contributed by atoms with Crippen LogP contribution in [0.2, 0.25) is 5.02 Å². The summed E-state index contributed by atoms with van der Waals surface area (Å²) in [6, 6.07) is 9.13. The first-order valence-corrected chi connectivity index (χ1v) is 8.58. The van der Waals surface area contributed by atoms with E-state index in [2.05, 4.69) is 15.6 Å². The summed E-state index contributed by atoms with van der Waals surface area (Å²) in [5.41, 5.74) is 8.35. The molecule has 0 atom stereocenters. The maximum absolute atomic E-state index is 10.8. The minimum absolute atomic E-state index is 0.0146. The van der Waals surface area contributed by atoms with Gasteiger partial charge in [-0.15, -0.1) is 0 Å². The summed E-state index contributed by atoms with van der Waals surface area (Å²) in [7, 11) is 0. The number of hydrogen-bond donors (Lipinski definition) is 4. The van der Waals surface area contributed by atoms with Crippen molar-refractivity contribution in [2.75, 3.05) is 30.7 Å². The van der Waals surface area contributed by atoms with Gasteiger partial charge in [-0.1, -0.05) is 23.7 Å². The lowest BCUT2D eigenvalue weighted by atomic mass is 10.1. The lowest BCUT2D eigenvalue weighted by Crippen LogP contribution is -2.21. The molecule has 134 valence electrons. The number of nitrogens with one attached hydrogen (secondary N) is 2. The van der Waals surface area contributed by atoms with Crippen molar-refractivity contribution in [3.05, 3.63) is 52.7 Å². The van der Waals surface area contributed by atoms with Gasteiger partial charge in [0.05, 0.1) is 12.1 Å². The topological polar surface area (TPSA) is 100 Å². The Labute approximate surface area is 152 Å². The SMILES string of the molecule is Nc1ncccc1NCCCNCCc1cc(CC(=O)O)ccc1Cl. The first-order chi connectivity index (χ1) is 12.1. The zero-order valence-electron chi connectivity index (χ0n) is 14.0. The molecule has 6 nitrogen and oxygen atoms in total. The second-order valence-corrected chi connectivity index (χ2v) is 6.12. The number of carboxylic acid groups (broad SMARTS) is 1. The molecule has 0 aliphatic carbocycles. The lowest BCUT2D eigenvalue weighted by Gasteiger charge is -2.10. The van der Waals surface area contributed by atoms with Crippen molar-refractivity contribution in [2.24, 2.45) is 0 Å². The highest BCUT2D eigenvalue weighted by Crippen LogP contribution is 2.18. The third-order valence-electron chi connectivity index (χ3n) is 3.72. The maximum atomic E-state index is 10.8. The Morgan fingerprint density at radius 1 is 1.24 bits per heavy atom. The summed E-state index contributed by atoms with van der Waals surface area (Å²) in [5, 5.41) is 16.1. The minimum atomic E-state index is -0.840. The van der Waals surface area contributed by atoms with E-state index in [0.29, 0.717) is 10.8 Å². The largest absolute Gasteiger partial charge is 0.481 e. The number of hydrogen-bond acceptors (Lipinski definition) is 5. The molecule has 0 amide bonds. The number of carboxylic acids is 1. The average molecular weight is 363 g/mol. The molecule has 7 heteroatoms. The highest BCUT2D eigenvalue weighted by molar-refractivity contribution is 6.31. The molecular formula is C18H23ClN4O2. The number of nitrogen functional groups attached to an aromatic ring is 1. The molecule has 0 saturated carbocycles. The van der Waals surface area contributed by atoms with Gasteiger partial charge < -0.3 is 21.5 Å². The van der Waals surface area contributed by atoms with Gasteiger partial charge in [-0.05, 0) is 55.3 Å². The van der Waals surface area contributed by atoms with Gasteiger partial charge in [0.1, 0.15) is 5.82 Å². The smallest absolute Gasteiger partial charge is 0.307 e. The molecule has 1 aromatic carbocycles. The molecule has 0 spiro atoms. The number of anilines is 2. The van der Waals surface area contributed by atoms with Crippen LogP contribution in [0.4, 0.5) is 11.5 Å². The molecule has 25 heavy (non-hydrogen) atoms. The number of halogens is 1. The van der Waals surface area contributed by atoms with Gasteiger partial charge in [0.2, 0.25) is 0 Å². The van der Waals surface area contributed by atoms with Crippen LogP contribution in [0.15, 0.2) is 36.5 Å². The number of pyridine rings is 1. The Morgan fingerprint density at radius 2 is 2.08 bits per heavy atom. The van der Waals surface area contributed by atoms with Crippen LogP contribution in [0.3, 0.4) is 0 Å². The molecule has 2 aromatic rings. The fourth-order valence-corrected chi connectivity index (χ4v) is 2.67. The molecule has 0 fully saturated rings. The number of aliphatic carboxylic acids is 1. The first-order valence-electron chi connectivity index (χ1n) is 8.20. The van der Waals surface area contributed by atoms with Crippen LogP contribution in [0.1, 0.15) is 17.5 Å². The van der Waals surface area contributed by atoms with Gasteiger partial charge in [-0.25, -0.2) is 4.98 Å². The number of rotatable bonds is 10. The Hall–Kier alpha value is -2.31. The Balaban J connectivity index is 1.66. The van der Waals surface area contributed by atoms with Crippen LogP contribution in [0.5, 0.6) is 0 Å². The third kappa shape index (κ3) is 6.60. The summed E-state index contributed by atoms with van der Waals surface area (Å²) >= 11 is 6.17. The van der Waals surface area contributed by atoms with Crippen LogP contribution in [0, 0.1) is 0 Å². The molecule has 0 bridgehead atoms. The van der Waals surface area contributed by atoms with Crippen molar-refractivity contribution < 1.29 is 9.90 Å². The van der Waals surface area contributed by atoms with Gasteiger partial charge in [0.25, 0.3) is 0 Å². The second kappa shape index (κ2) is 9.86. The van der Waals surface area contributed by atoms with Crippen LogP contribution >= 0.6 is 11.6 Å². The second-order valence-electron chi connectivity index (χ2n) is 5.71. The van der Waals surface area contributed by atoms with Crippen LogP contribution in [0.25, 0.3) is 0 Å². The number of benzene rings is 1. The number of nitrogens with two attached hydrogens (primary N) is 1. The lowest BCUT2D eigenvalue weighted by molar-refractivity contribution is -0.136. The van der Waals surface area contributed by atoms with E-state index in [1.165, 1.54) is 0 Å². The molecule has 2 rings (SSSR count). The molecular weight excluding hydrogens is 340 g/mol. The van der Waals surface area contributed by atoms with E-state index >= 15 is 0 Å². The van der Waals surface area contributed by atoms with Gasteiger partial charge in [-0.3, -0.25) is 4.79 Å². The number of nitrogens with zero attached hydrogens (tertiary/aromatic N) is 1. The van der Waals surface area contributed by atoms with E-state index in [1.54, 1.807) is 18.3 Å². The minimum Gasteiger partial charge on any atom is -0.481 e. The standard InChI is InChI=1S/C18H23ClN4O2/c19-15-5-4-13(12-17(24)25)11-14(15)6-10-21-7-2-9-22-16-3-1-8-23-18(16)20/h1,3-5,8,11,21-22H,2,6-7,9-10,12H2,(H2,20,23)(H,24,25). The maximum Gasteiger partial charge on any atom is 0.307 e. The zero-order valence-corrected chi connectivity index (χ0v) is 14.7. The van der Waals surface area contributed by atoms with E-state index in [4.69, 9.17) is 22.4 Å². The zero-order chi connectivity index (χ0) is 18.1. The Morgan fingerprint density at radius 3 is 2.84 bits per heavy atom. The van der Waals surface area contributed by atoms with Gasteiger partial charge in [0.15, 0.2) is 0 Å². The van der Waals surface area contributed by atoms with E-state index in [0.717, 1.165) is 49.3 Å². The van der Waals surface area contributed by atoms with Gasteiger partial charge in [0, 0.05) is 17.8 Å². The molecule has 0 radical (unpaired) electrons. The summed E-state index contributed by atoms with van der Waals surface area (Å²) in [6.07, 6.45) is 3.38. The Bertz CT molecular complexity index is 709. The van der Waals surface area contributed by atoms with Crippen molar-refractivity contribution in [1.82, 2.24) is 10.3 Å². The predicted molar refractivity (Wildman–Crippen MR) is 101 cm³/mol. The highest BCUT2D eigenvalue weighted by Gasteiger charge is 2.05. The monoisotopic (exact) mass is 362 g/mol. The molecule has 5 N–H and O–H groups in total. The average Bonchev–Trinajstić information content (AvgIpc) is 2.57. The third-order valence-corrected chi connectivity index (χ3v) is 4.09. The van der Waals surface area contributed by atoms with Crippen LogP contribution in [-0.4, -0.2) is 35.7 Å².